The van der Waals surface area contributed by atoms with Crippen LogP contribution in [-0.4, -0.2) is 27.5 Å². The van der Waals surface area contributed by atoms with Crippen molar-refractivity contribution in [2.24, 2.45) is 0 Å². The maximum atomic E-state index is 11.7. The summed E-state index contributed by atoms with van der Waals surface area (Å²) in [6, 6.07) is 16.6. The van der Waals surface area contributed by atoms with Crippen molar-refractivity contribution >= 4 is 29.2 Å². The van der Waals surface area contributed by atoms with Gasteiger partial charge in [0.1, 0.15) is 29.4 Å². The molecule has 0 fully saturated rings. The van der Waals surface area contributed by atoms with Gasteiger partial charge in [-0.2, -0.15) is 5.10 Å². The fourth-order valence-electron chi connectivity index (χ4n) is 4.68. The number of halogens is 2. The second-order valence-electron chi connectivity index (χ2n) is 9.96. The Kier molecular flexibility index (Phi) is 8.88. The molecule has 1 N–H and O–H groups in total. The van der Waals surface area contributed by atoms with Crippen LogP contribution >= 0.6 is 23.2 Å². The van der Waals surface area contributed by atoms with Gasteiger partial charge in [-0.05, 0) is 72.4 Å². The maximum Gasteiger partial charge on any atom is 0.339 e. The highest BCUT2D eigenvalue weighted by atomic mass is 35.5. The Morgan fingerprint density at radius 2 is 1.64 bits per heavy atom. The molecule has 204 valence electrons. The fraction of sp³-hybridized carbons (Fsp3) is 0.290. The molecular formula is C31H32Cl2N2O4. The number of benzene rings is 3. The smallest absolute Gasteiger partial charge is 0.339 e. The van der Waals surface area contributed by atoms with Crippen LogP contribution < -0.4 is 9.47 Å². The van der Waals surface area contributed by atoms with Gasteiger partial charge >= 0.3 is 5.97 Å². The van der Waals surface area contributed by atoms with E-state index < -0.39 is 5.97 Å². The molecule has 0 aliphatic carbocycles. The van der Waals surface area contributed by atoms with Gasteiger partial charge in [-0.25, -0.2) is 9.48 Å². The van der Waals surface area contributed by atoms with Crippen LogP contribution in [0.2, 0.25) is 10.0 Å². The Balaban J connectivity index is 1.51. The first-order valence-corrected chi connectivity index (χ1v) is 13.5. The number of aromatic carboxylic acids is 1. The summed E-state index contributed by atoms with van der Waals surface area (Å²) >= 11 is 13.0. The van der Waals surface area contributed by atoms with Crippen molar-refractivity contribution in [3.8, 4) is 17.2 Å². The van der Waals surface area contributed by atoms with E-state index in [9.17, 15) is 9.90 Å². The number of hydrogen-bond donors (Lipinski definition) is 1. The number of carboxylic acid groups (broad SMARTS) is 1. The lowest BCUT2D eigenvalue weighted by Crippen LogP contribution is -2.12. The van der Waals surface area contributed by atoms with Crippen molar-refractivity contribution in [3.63, 3.8) is 0 Å². The van der Waals surface area contributed by atoms with Crippen molar-refractivity contribution in [3.05, 3.63) is 104 Å². The van der Waals surface area contributed by atoms with Gasteiger partial charge in [0.25, 0.3) is 0 Å². The minimum atomic E-state index is -0.993. The van der Waals surface area contributed by atoms with E-state index >= 15 is 0 Å². The van der Waals surface area contributed by atoms with E-state index in [0.717, 1.165) is 28.1 Å². The lowest BCUT2D eigenvalue weighted by Gasteiger charge is -2.19. The van der Waals surface area contributed by atoms with Gasteiger partial charge in [0, 0.05) is 5.92 Å². The fourth-order valence-corrected chi connectivity index (χ4v) is 5.24. The largest absolute Gasteiger partial charge is 0.492 e. The lowest BCUT2D eigenvalue weighted by molar-refractivity contribution is 0.0691. The molecule has 8 heteroatoms. The van der Waals surface area contributed by atoms with E-state index in [0.29, 0.717) is 33.7 Å². The molecule has 1 unspecified atom stereocenters. The first-order chi connectivity index (χ1) is 18.6. The highest BCUT2D eigenvalue weighted by molar-refractivity contribution is 6.37. The molecule has 0 bridgehead atoms. The molecule has 0 spiro atoms. The van der Waals surface area contributed by atoms with Gasteiger partial charge in [-0.15, -0.1) is 0 Å². The Labute approximate surface area is 239 Å². The first kappa shape index (κ1) is 28.5. The van der Waals surface area contributed by atoms with Crippen LogP contribution in [0.3, 0.4) is 0 Å². The molecular weight excluding hydrogens is 535 g/mol. The zero-order valence-corrected chi connectivity index (χ0v) is 24.2. The van der Waals surface area contributed by atoms with Crippen LogP contribution in [0.25, 0.3) is 5.69 Å². The van der Waals surface area contributed by atoms with E-state index in [4.69, 9.17) is 32.7 Å². The average molecular weight is 568 g/mol. The van der Waals surface area contributed by atoms with Gasteiger partial charge in [0.15, 0.2) is 0 Å². The molecule has 6 nitrogen and oxygen atoms in total. The van der Waals surface area contributed by atoms with Crippen molar-refractivity contribution < 1.29 is 19.4 Å². The third-order valence-electron chi connectivity index (χ3n) is 6.76. The topological polar surface area (TPSA) is 73.6 Å². The predicted molar refractivity (Wildman–Crippen MR) is 155 cm³/mol. The molecule has 0 aliphatic heterocycles. The molecule has 4 aromatic rings. The molecule has 0 saturated heterocycles. The molecule has 1 heterocycles. The SMILES string of the molecule is Cc1cc(OCc2c(C(C)C)cnn2-c2c(Cl)cccc2Cl)ccc1C(C)COc1cccc(C)c1C(=O)O. The van der Waals surface area contributed by atoms with E-state index in [2.05, 4.69) is 25.9 Å². The van der Waals surface area contributed by atoms with E-state index in [1.807, 2.05) is 31.3 Å². The molecule has 39 heavy (non-hydrogen) atoms. The van der Waals surface area contributed by atoms with Gasteiger partial charge in [0.2, 0.25) is 0 Å². The third-order valence-corrected chi connectivity index (χ3v) is 7.37. The van der Waals surface area contributed by atoms with Crippen molar-refractivity contribution in [2.75, 3.05) is 6.61 Å². The van der Waals surface area contributed by atoms with Crippen molar-refractivity contribution in [1.82, 2.24) is 9.78 Å². The number of para-hydroxylation sites is 1. The monoisotopic (exact) mass is 566 g/mol. The Morgan fingerprint density at radius 3 is 2.28 bits per heavy atom. The number of carboxylic acids is 1. The van der Waals surface area contributed by atoms with Crippen molar-refractivity contribution in [1.29, 1.82) is 0 Å². The van der Waals surface area contributed by atoms with Crippen LogP contribution in [-0.2, 0) is 6.61 Å². The summed E-state index contributed by atoms with van der Waals surface area (Å²) in [5.74, 6) is 0.385. The minimum Gasteiger partial charge on any atom is -0.492 e. The summed E-state index contributed by atoms with van der Waals surface area (Å²) in [6.45, 7) is 10.7. The highest BCUT2D eigenvalue weighted by Gasteiger charge is 2.20. The Hall–Kier alpha value is -3.48. The number of nitrogens with zero attached hydrogens (tertiary/aromatic N) is 2. The van der Waals surface area contributed by atoms with Gasteiger partial charge in [0.05, 0.1) is 28.5 Å². The first-order valence-electron chi connectivity index (χ1n) is 12.8. The zero-order valence-electron chi connectivity index (χ0n) is 22.7. The molecule has 0 amide bonds. The molecule has 3 aromatic carbocycles. The van der Waals surface area contributed by atoms with Crippen molar-refractivity contribution in [2.45, 2.75) is 53.1 Å². The molecule has 0 saturated carbocycles. The highest BCUT2D eigenvalue weighted by Crippen LogP contribution is 2.33. The van der Waals surface area contributed by atoms with E-state index in [1.165, 1.54) is 0 Å². The van der Waals surface area contributed by atoms with Crippen LogP contribution in [0.4, 0.5) is 0 Å². The zero-order chi connectivity index (χ0) is 28.3. The molecule has 1 aromatic heterocycles. The molecule has 1 atom stereocenters. The summed E-state index contributed by atoms with van der Waals surface area (Å²) in [6.07, 6.45) is 1.84. The van der Waals surface area contributed by atoms with Gasteiger partial charge < -0.3 is 14.6 Å². The van der Waals surface area contributed by atoms with Crippen LogP contribution in [0.5, 0.6) is 11.5 Å². The predicted octanol–water partition coefficient (Wildman–Crippen LogP) is 8.38. The third kappa shape index (κ3) is 6.23. The number of ether oxygens (including phenoxy) is 2. The second kappa shape index (κ2) is 12.1. The van der Waals surface area contributed by atoms with Gasteiger partial charge in [-0.3, -0.25) is 0 Å². The summed E-state index contributed by atoms with van der Waals surface area (Å²) in [5.41, 5.74) is 5.59. The minimum absolute atomic E-state index is 0.0394. The second-order valence-corrected chi connectivity index (χ2v) is 10.8. The summed E-state index contributed by atoms with van der Waals surface area (Å²) in [5, 5.41) is 15.2. The molecule has 4 rings (SSSR count). The van der Waals surface area contributed by atoms with Crippen LogP contribution in [0.15, 0.2) is 60.8 Å². The Morgan fingerprint density at radius 1 is 0.949 bits per heavy atom. The molecule has 0 radical (unpaired) electrons. The quantitative estimate of drug-likeness (QED) is 0.208. The van der Waals surface area contributed by atoms with Crippen LogP contribution in [0.1, 0.15) is 70.9 Å². The standard InChI is InChI=1S/C31H32Cl2N2O4/c1-18(2)24-15-34-35(30-25(32)9-7-10-26(30)33)27(24)17-38-22-12-13-23(20(4)14-22)21(5)16-39-28-11-6-8-19(3)29(28)31(36)37/h6-15,18,21H,16-17H2,1-5H3,(H,36,37). The molecule has 0 aliphatic rings. The number of aryl methyl sites for hydroxylation is 2. The Bertz CT molecular complexity index is 1480. The number of carbonyl (C=O) groups is 1. The summed E-state index contributed by atoms with van der Waals surface area (Å²) < 4.78 is 13.9. The average Bonchev–Trinajstić information content (AvgIpc) is 3.29. The van der Waals surface area contributed by atoms with Gasteiger partial charge in [-0.1, -0.05) is 68.2 Å². The number of rotatable bonds is 10. The maximum absolute atomic E-state index is 11.7. The summed E-state index contributed by atoms with van der Waals surface area (Å²) in [4.78, 5) is 11.7. The van der Waals surface area contributed by atoms with E-state index in [1.54, 1.807) is 48.0 Å². The normalized spacial score (nSPS) is 12.0. The summed E-state index contributed by atoms with van der Waals surface area (Å²) in [7, 11) is 0. The number of aromatic nitrogens is 2. The lowest BCUT2D eigenvalue weighted by atomic mass is 9.97. The number of hydrogen-bond acceptors (Lipinski definition) is 4. The van der Waals surface area contributed by atoms with E-state index in [-0.39, 0.29) is 24.0 Å². The van der Waals surface area contributed by atoms with Crippen LogP contribution in [0, 0.1) is 13.8 Å².